The third kappa shape index (κ3) is 2.41. The summed E-state index contributed by atoms with van der Waals surface area (Å²) in [6.45, 7) is 0. The van der Waals surface area contributed by atoms with E-state index >= 15 is 0 Å². The summed E-state index contributed by atoms with van der Waals surface area (Å²) in [7, 11) is 0. The van der Waals surface area contributed by atoms with Crippen molar-refractivity contribution in [3.8, 4) is 0 Å². The molecule has 1 aromatic carbocycles. The van der Waals surface area contributed by atoms with Gasteiger partial charge in [-0.2, -0.15) is 0 Å². The second-order valence-corrected chi connectivity index (χ2v) is 5.00. The molecular formula is C8H5Cl4F. The number of hydrogen-bond acceptors (Lipinski definition) is 0. The van der Waals surface area contributed by atoms with Gasteiger partial charge in [0.1, 0.15) is 0 Å². The predicted molar refractivity (Wildman–Crippen MR) is 55.4 cm³/mol. The Morgan fingerprint density at radius 2 is 1.38 bits per heavy atom. The maximum absolute atomic E-state index is 13.1. The van der Waals surface area contributed by atoms with Gasteiger partial charge in [0.2, 0.25) is 4.33 Å². The van der Waals surface area contributed by atoms with Gasteiger partial charge in [-0.25, -0.2) is 4.39 Å². The Bertz CT molecular complexity index is 278. The lowest BCUT2D eigenvalue weighted by molar-refractivity contribution is 0.359. The largest absolute Gasteiger partial charge is 0.294 e. The highest BCUT2D eigenvalue weighted by Crippen LogP contribution is 2.50. The van der Waals surface area contributed by atoms with E-state index in [9.17, 15) is 4.39 Å². The van der Waals surface area contributed by atoms with Gasteiger partial charge in [0, 0.05) is 0 Å². The zero-order chi connectivity index (χ0) is 10.1. The number of rotatable bonds is 2. The van der Waals surface area contributed by atoms with Crippen molar-refractivity contribution in [3.05, 3.63) is 35.9 Å². The Balaban J connectivity index is 3.08. The van der Waals surface area contributed by atoms with Gasteiger partial charge in [0.25, 0.3) is 4.59 Å². The van der Waals surface area contributed by atoms with Crippen molar-refractivity contribution in [2.24, 2.45) is 0 Å². The Morgan fingerprint density at radius 1 is 0.923 bits per heavy atom. The molecule has 1 aromatic rings. The molecule has 0 aliphatic rings. The maximum Gasteiger partial charge on any atom is 0.294 e. The maximum atomic E-state index is 13.1. The summed E-state index contributed by atoms with van der Waals surface area (Å²) < 4.78 is 8.43. The van der Waals surface area contributed by atoms with Gasteiger partial charge < -0.3 is 0 Å². The van der Waals surface area contributed by atoms with E-state index in [1.807, 2.05) is 0 Å². The molecule has 0 amide bonds. The molecule has 1 rings (SSSR count). The van der Waals surface area contributed by atoms with E-state index in [4.69, 9.17) is 46.4 Å². The molecule has 13 heavy (non-hydrogen) atoms. The fourth-order valence-corrected chi connectivity index (χ4v) is 1.28. The van der Waals surface area contributed by atoms with Crippen molar-refractivity contribution < 1.29 is 4.39 Å². The minimum absolute atomic E-state index is 0.311. The zero-order valence-electron chi connectivity index (χ0n) is 6.28. The second-order valence-electron chi connectivity index (χ2n) is 2.44. The lowest BCUT2D eigenvalue weighted by atomic mass is 10.1. The van der Waals surface area contributed by atoms with E-state index in [-0.39, 0.29) is 0 Å². The van der Waals surface area contributed by atoms with Crippen LogP contribution in [0.5, 0.6) is 0 Å². The lowest BCUT2D eigenvalue weighted by Gasteiger charge is -2.25. The van der Waals surface area contributed by atoms with Gasteiger partial charge in [-0.05, 0) is 5.56 Å². The van der Waals surface area contributed by atoms with Crippen molar-refractivity contribution in [2.75, 3.05) is 0 Å². The highest BCUT2D eigenvalue weighted by molar-refractivity contribution is 6.61. The molecule has 0 spiro atoms. The molecule has 0 atom stereocenters. The van der Waals surface area contributed by atoms with Crippen LogP contribution in [0, 0.1) is 0 Å². The van der Waals surface area contributed by atoms with Crippen molar-refractivity contribution in [1.29, 1.82) is 0 Å². The average molecular weight is 262 g/mol. The van der Waals surface area contributed by atoms with Crippen molar-refractivity contribution in [3.63, 3.8) is 0 Å². The lowest BCUT2D eigenvalue weighted by Crippen LogP contribution is -2.29. The number of benzene rings is 1. The van der Waals surface area contributed by atoms with Crippen LogP contribution in [-0.4, -0.2) is 4.59 Å². The van der Waals surface area contributed by atoms with Gasteiger partial charge >= 0.3 is 0 Å². The SMILES string of the molecule is FC(Cl)(Cl)C(Cl)(Cl)c1ccccc1. The first-order chi connectivity index (χ1) is 5.86. The minimum atomic E-state index is -2.72. The summed E-state index contributed by atoms with van der Waals surface area (Å²) in [5, 5.41) is 0. The summed E-state index contributed by atoms with van der Waals surface area (Å²) in [5.41, 5.74) is 0.311. The summed E-state index contributed by atoms with van der Waals surface area (Å²) in [5.74, 6) is 0. The molecule has 72 valence electrons. The monoisotopic (exact) mass is 260 g/mol. The van der Waals surface area contributed by atoms with Gasteiger partial charge in [0.05, 0.1) is 0 Å². The fraction of sp³-hybridized carbons (Fsp3) is 0.250. The molecule has 0 aliphatic carbocycles. The van der Waals surface area contributed by atoms with Gasteiger partial charge in [-0.15, -0.1) is 0 Å². The Kier molecular flexibility index (Phi) is 3.34. The van der Waals surface area contributed by atoms with Gasteiger partial charge in [0.15, 0.2) is 0 Å². The third-order valence-corrected chi connectivity index (χ3v) is 3.40. The first-order valence-electron chi connectivity index (χ1n) is 3.36. The van der Waals surface area contributed by atoms with E-state index in [1.165, 1.54) is 0 Å². The first-order valence-corrected chi connectivity index (χ1v) is 4.87. The molecule has 0 saturated heterocycles. The molecule has 5 heteroatoms. The molecule has 0 aromatic heterocycles. The predicted octanol–water partition coefficient (Wildman–Crippen LogP) is 4.42. The van der Waals surface area contributed by atoms with Gasteiger partial charge in [-0.1, -0.05) is 76.7 Å². The van der Waals surface area contributed by atoms with Crippen LogP contribution >= 0.6 is 46.4 Å². The van der Waals surface area contributed by atoms with Crippen molar-refractivity contribution in [1.82, 2.24) is 0 Å². The van der Waals surface area contributed by atoms with Crippen molar-refractivity contribution in [2.45, 2.75) is 8.92 Å². The summed E-state index contributed by atoms with van der Waals surface area (Å²) in [4.78, 5) is 0. The van der Waals surface area contributed by atoms with Crippen LogP contribution < -0.4 is 0 Å². The number of hydrogen-bond donors (Lipinski definition) is 0. The molecule has 0 fully saturated rings. The topological polar surface area (TPSA) is 0 Å². The molecule has 0 saturated carbocycles. The Morgan fingerprint density at radius 3 is 1.77 bits per heavy atom. The molecule has 0 aliphatic heterocycles. The van der Waals surface area contributed by atoms with Crippen LogP contribution in [0.3, 0.4) is 0 Å². The standard InChI is InChI=1S/C8H5Cl4F/c9-7(10,8(11,12)13)6-4-2-1-3-5-6/h1-5H. The number of halogens is 5. The average Bonchev–Trinajstić information content (AvgIpc) is 2.04. The van der Waals surface area contributed by atoms with Crippen LogP contribution in [0.4, 0.5) is 4.39 Å². The van der Waals surface area contributed by atoms with E-state index in [1.54, 1.807) is 30.3 Å². The van der Waals surface area contributed by atoms with Crippen LogP contribution in [0.25, 0.3) is 0 Å². The molecule has 0 radical (unpaired) electrons. The Labute approximate surface area is 95.5 Å². The smallest absolute Gasteiger partial charge is 0.204 e. The van der Waals surface area contributed by atoms with Crippen LogP contribution in [0.2, 0.25) is 0 Å². The van der Waals surface area contributed by atoms with Crippen LogP contribution in [-0.2, 0) is 4.33 Å². The van der Waals surface area contributed by atoms with Crippen LogP contribution in [0.15, 0.2) is 30.3 Å². The normalized spacial score (nSPS) is 13.0. The molecular weight excluding hydrogens is 257 g/mol. The van der Waals surface area contributed by atoms with E-state index in [2.05, 4.69) is 0 Å². The third-order valence-electron chi connectivity index (χ3n) is 1.49. The molecule has 0 nitrogen and oxygen atoms in total. The number of alkyl halides is 5. The minimum Gasteiger partial charge on any atom is -0.204 e. The molecule has 0 N–H and O–H groups in total. The highest BCUT2D eigenvalue weighted by Gasteiger charge is 2.49. The van der Waals surface area contributed by atoms with E-state index < -0.39 is 8.92 Å². The fourth-order valence-electron chi connectivity index (χ4n) is 0.811. The zero-order valence-corrected chi connectivity index (χ0v) is 9.30. The molecule has 0 unspecified atom stereocenters. The first kappa shape index (κ1) is 11.4. The van der Waals surface area contributed by atoms with Gasteiger partial charge in [-0.3, -0.25) is 0 Å². The summed E-state index contributed by atoms with van der Waals surface area (Å²) in [6, 6.07) is 8.15. The molecule has 0 bridgehead atoms. The summed E-state index contributed by atoms with van der Waals surface area (Å²) in [6.07, 6.45) is 0. The van der Waals surface area contributed by atoms with Crippen LogP contribution in [0.1, 0.15) is 5.56 Å². The van der Waals surface area contributed by atoms with Crippen molar-refractivity contribution >= 4 is 46.4 Å². The summed E-state index contributed by atoms with van der Waals surface area (Å²) >= 11 is 21.7. The Hall–Kier alpha value is 0.310. The molecule has 0 heterocycles. The van der Waals surface area contributed by atoms with E-state index in [0.29, 0.717) is 5.56 Å². The second kappa shape index (κ2) is 3.82. The highest BCUT2D eigenvalue weighted by atomic mass is 35.5. The quantitative estimate of drug-likeness (QED) is 0.692. The van der Waals surface area contributed by atoms with E-state index in [0.717, 1.165) is 0 Å².